The first-order chi connectivity index (χ1) is 15.0. The van der Waals surface area contributed by atoms with Crippen LogP contribution >= 0.6 is 0 Å². The first-order valence-corrected chi connectivity index (χ1v) is 13.0. The van der Waals surface area contributed by atoms with Gasteiger partial charge in [0, 0.05) is 24.5 Å². The molecule has 4 saturated carbocycles. The highest BCUT2D eigenvalue weighted by Crippen LogP contribution is 2.55. The average molecular weight is 471 g/mol. The molecular weight excluding hydrogens is 441 g/mol. The van der Waals surface area contributed by atoms with E-state index in [1.807, 2.05) is 0 Å². The fraction of sp³-hybridized carbons (Fsp3) is 0.696. The largest absolute Gasteiger partial charge is 0.416 e. The number of nitrogens with zero attached hydrogens (tertiary/aromatic N) is 1. The Bertz CT molecular complexity index is 947. The molecule has 1 aliphatic heterocycles. The molecule has 1 aromatic carbocycles. The molecule has 5 aliphatic rings. The van der Waals surface area contributed by atoms with Gasteiger partial charge in [0.05, 0.1) is 10.5 Å². The highest BCUT2D eigenvalue weighted by molar-refractivity contribution is 7.89. The molecule has 4 aliphatic carbocycles. The van der Waals surface area contributed by atoms with Crippen molar-refractivity contribution in [3.63, 3.8) is 0 Å². The maximum Gasteiger partial charge on any atom is 0.416 e. The number of piperidine rings is 1. The lowest BCUT2D eigenvalue weighted by atomic mass is 9.53. The van der Waals surface area contributed by atoms with Crippen molar-refractivity contribution in [3.8, 4) is 0 Å². The molecule has 1 aromatic rings. The zero-order valence-electron chi connectivity index (χ0n) is 17.9. The van der Waals surface area contributed by atoms with E-state index in [-0.39, 0.29) is 35.3 Å². The van der Waals surface area contributed by atoms with Gasteiger partial charge in [0.15, 0.2) is 0 Å². The first kappa shape index (κ1) is 22.2. The van der Waals surface area contributed by atoms with Crippen LogP contribution in [0.1, 0.15) is 56.9 Å². The number of hydrogen-bond donors (Lipinski definition) is 1. The highest BCUT2D eigenvalue weighted by atomic mass is 32.2. The summed E-state index contributed by atoms with van der Waals surface area (Å²) in [7, 11) is -3.88. The number of carbonyl (C=O) groups is 1. The van der Waals surface area contributed by atoms with Gasteiger partial charge in [-0.05, 0) is 93.4 Å². The van der Waals surface area contributed by atoms with Crippen LogP contribution < -0.4 is 5.32 Å². The molecule has 5 nitrogen and oxygen atoms in total. The SMILES string of the molecule is O=C(NC12CC3CC(CC(C3)C1)C2)C1CCN(S(=O)(=O)c2ccc(C(F)(F)F)cc2)CC1. The summed E-state index contributed by atoms with van der Waals surface area (Å²) in [5.74, 6) is 2.02. The lowest BCUT2D eigenvalue weighted by Gasteiger charge is -2.57. The summed E-state index contributed by atoms with van der Waals surface area (Å²) in [5.41, 5.74) is -0.938. The monoisotopic (exact) mass is 470 g/mol. The van der Waals surface area contributed by atoms with Gasteiger partial charge in [-0.15, -0.1) is 0 Å². The molecule has 176 valence electrons. The smallest absolute Gasteiger partial charge is 0.350 e. The van der Waals surface area contributed by atoms with Gasteiger partial charge < -0.3 is 5.32 Å². The maximum atomic E-state index is 13.1. The van der Waals surface area contributed by atoms with E-state index in [1.54, 1.807) is 0 Å². The van der Waals surface area contributed by atoms with E-state index < -0.39 is 21.8 Å². The molecule has 1 heterocycles. The van der Waals surface area contributed by atoms with Crippen molar-refractivity contribution in [2.24, 2.45) is 23.7 Å². The number of amides is 1. The summed E-state index contributed by atoms with van der Waals surface area (Å²) < 4.78 is 65.3. The molecular formula is C23H29F3N2O3S. The van der Waals surface area contributed by atoms with E-state index in [1.165, 1.54) is 23.6 Å². The minimum absolute atomic E-state index is 0.0403. The van der Waals surface area contributed by atoms with E-state index in [2.05, 4.69) is 5.32 Å². The normalized spacial score (nSPS) is 33.4. The van der Waals surface area contributed by atoms with E-state index >= 15 is 0 Å². The summed E-state index contributed by atoms with van der Waals surface area (Å²) in [6, 6.07) is 3.59. The van der Waals surface area contributed by atoms with Gasteiger partial charge in [-0.2, -0.15) is 17.5 Å². The second-order valence-electron chi connectivity index (χ2n) is 10.4. The van der Waals surface area contributed by atoms with Gasteiger partial charge in [0.2, 0.25) is 15.9 Å². The van der Waals surface area contributed by atoms with Crippen LogP contribution in [0.4, 0.5) is 13.2 Å². The molecule has 6 rings (SSSR count). The number of rotatable bonds is 4. The van der Waals surface area contributed by atoms with Gasteiger partial charge >= 0.3 is 6.18 Å². The van der Waals surface area contributed by atoms with Crippen molar-refractivity contribution >= 4 is 15.9 Å². The van der Waals surface area contributed by atoms with Crippen LogP contribution in [-0.4, -0.2) is 37.3 Å². The van der Waals surface area contributed by atoms with Crippen LogP contribution in [0.2, 0.25) is 0 Å². The summed E-state index contributed by atoms with van der Waals surface area (Å²) in [5, 5.41) is 3.39. The Morgan fingerprint density at radius 2 is 1.44 bits per heavy atom. The standard InChI is InChI=1S/C23H29F3N2O3S/c24-23(25,26)19-1-3-20(4-2-19)32(30,31)28-7-5-18(6-8-28)21(29)27-22-12-15-9-16(13-22)11-17(10-15)14-22/h1-4,15-18H,5-14H2,(H,27,29). The fourth-order valence-corrected chi connectivity index (χ4v) is 8.42. The minimum Gasteiger partial charge on any atom is -0.350 e. The van der Waals surface area contributed by atoms with Crippen molar-refractivity contribution < 1.29 is 26.4 Å². The molecule has 4 bridgehead atoms. The van der Waals surface area contributed by atoms with Crippen molar-refractivity contribution in [1.82, 2.24) is 9.62 Å². The van der Waals surface area contributed by atoms with Crippen LogP contribution in [0.5, 0.6) is 0 Å². The predicted octanol–water partition coefficient (Wildman–Crippen LogP) is 4.19. The fourth-order valence-electron chi connectivity index (χ4n) is 6.95. The molecule has 0 radical (unpaired) electrons. The first-order valence-electron chi connectivity index (χ1n) is 11.5. The van der Waals surface area contributed by atoms with E-state index in [0.29, 0.717) is 12.8 Å². The van der Waals surface area contributed by atoms with E-state index in [9.17, 15) is 26.4 Å². The highest BCUT2D eigenvalue weighted by Gasteiger charge is 2.52. The summed E-state index contributed by atoms with van der Waals surface area (Å²) in [6.45, 7) is 0.393. The van der Waals surface area contributed by atoms with Crippen LogP contribution in [0.25, 0.3) is 0 Å². The molecule has 9 heteroatoms. The molecule has 0 atom stereocenters. The second-order valence-corrected chi connectivity index (χ2v) is 12.3. The lowest BCUT2D eigenvalue weighted by Crippen LogP contribution is -2.61. The van der Waals surface area contributed by atoms with Crippen molar-refractivity contribution in [3.05, 3.63) is 29.8 Å². The second kappa shape index (κ2) is 7.72. The van der Waals surface area contributed by atoms with Gasteiger partial charge in [0.1, 0.15) is 0 Å². The van der Waals surface area contributed by atoms with Crippen molar-refractivity contribution in [2.75, 3.05) is 13.1 Å². The van der Waals surface area contributed by atoms with Crippen molar-refractivity contribution in [2.45, 2.75) is 68.0 Å². The minimum atomic E-state index is -4.51. The number of hydrogen-bond acceptors (Lipinski definition) is 3. The zero-order valence-corrected chi connectivity index (χ0v) is 18.7. The zero-order chi connectivity index (χ0) is 22.7. The Labute approximate surface area is 186 Å². The number of sulfonamides is 1. The third-order valence-electron chi connectivity index (χ3n) is 8.07. The van der Waals surface area contributed by atoms with Crippen LogP contribution in [-0.2, 0) is 21.0 Å². The lowest BCUT2D eigenvalue weighted by molar-refractivity contribution is -0.137. The van der Waals surface area contributed by atoms with Gasteiger partial charge in [-0.1, -0.05) is 0 Å². The molecule has 1 amide bonds. The number of benzene rings is 1. The number of carbonyl (C=O) groups excluding carboxylic acids is 1. The molecule has 0 spiro atoms. The third-order valence-corrected chi connectivity index (χ3v) is 9.98. The molecule has 0 unspecified atom stereocenters. The molecule has 1 N–H and O–H groups in total. The Morgan fingerprint density at radius 1 is 0.938 bits per heavy atom. The van der Waals surface area contributed by atoms with Gasteiger partial charge in [0.25, 0.3) is 0 Å². The van der Waals surface area contributed by atoms with E-state index in [4.69, 9.17) is 0 Å². The third kappa shape index (κ3) is 4.06. The summed E-state index contributed by atoms with van der Waals surface area (Å²) in [4.78, 5) is 12.9. The van der Waals surface area contributed by atoms with E-state index in [0.717, 1.165) is 61.3 Å². The summed E-state index contributed by atoms with van der Waals surface area (Å²) in [6.07, 6.45) is 3.48. The Hall–Kier alpha value is -1.61. The maximum absolute atomic E-state index is 13.1. The topological polar surface area (TPSA) is 66.5 Å². The Balaban J connectivity index is 1.20. The van der Waals surface area contributed by atoms with Crippen LogP contribution in [0, 0.1) is 23.7 Å². The molecule has 5 fully saturated rings. The van der Waals surface area contributed by atoms with Crippen LogP contribution in [0.3, 0.4) is 0 Å². The van der Waals surface area contributed by atoms with Crippen molar-refractivity contribution in [1.29, 1.82) is 0 Å². The quantitative estimate of drug-likeness (QED) is 0.718. The number of nitrogens with one attached hydrogen (secondary N) is 1. The number of halogens is 3. The molecule has 1 saturated heterocycles. The Morgan fingerprint density at radius 3 is 1.91 bits per heavy atom. The molecule has 0 aromatic heterocycles. The average Bonchev–Trinajstić information content (AvgIpc) is 2.72. The van der Waals surface area contributed by atoms with Crippen LogP contribution in [0.15, 0.2) is 29.2 Å². The predicted molar refractivity (Wildman–Crippen MR) is 112 cm³/mol. The van der Waals surface area contributed by atoms with Gasteiger partial charge in [-0.3, -0.25) is 4.79 Å². The van der Waals surface area contributed by atoms with Gasteiger partial charge in [-0.25, -0.2) is 8.42 Å². The molecule has 32 heavy (non-hydrogen) atoms. The number of alkyl halides is 3. The Kier molecular flexibility index (Phi) is 5.36. The summed E-state index contributed by atoms with van der Waals surface area (Å²) >= 11 is 0.